The Morgan fingerprint density at radius 2 is 1.87 bits per heavy atom. The van der Waals surface area contributed by atoms with Crippen LogP contribution in [0.15, 0.2) is 65.6 Å². The number of aromatic nitrogens is 4. The zero-order valence-electron chi connectivity index (χ0n) is 31.0. The Bertz CT molecular complexity index is 2070. The zero-order chi connectivity index (χ0) is 35.6. The van der Waals surface area contributed by atoms with Gasteiger partial charge in [-0.2, -0.15) is 13.5 Å². The molecule has 0 radical (unpaired) electrons. The number of rotatable bonds is 8. The van der Waals surface area contributed by atoms with Gasteiger partial charge in [-0.15, -0.1) is 0 Å². The second kappa shape index (κ2) is 14.0. The summed E-state index contributed by atoms with van der Waals surface area (Å²) in [6, 6.07) is 9.03. The van der Waals surface area contributed by atoms with Gasteiger partial charge in [0.1, 0.15) is 22.8 Å². The molecule has 1 amide bonds. The van der Waals surface area contributed by atoms with Crippen LogP contribution >= 0.6 is 13.5 Å². The molecule has 2 fully saturated rings. The second-order valence-corrected chi connectivity index (χ2v) is 15.5. The molecule has 0 aromatic carbocycles. The maximum absolute atomic E-state index is 14.0. The molecule has 0 spiro atoms. The number of hydrogen-bond donors (Lipinski definition) is 0. The molecule has 2 saturated heterocycles. The number of amides is 1. The molecule has 1 unspecified atom stereocenters. The van der Waals surface area contributed by atoms with Gasteiger partial charge in [-0.3, -0.25) is 19.1 Å². The summed E-state index contributed by atoms with van der Waals surface area (Å²) in [5.41, 5.74) is 6.59. The number of piperazine rings is 1. The van der Waals surface area contributed by atoms with Crippen LogP contribution in [-0.4, -0.2) is 107 Å². The van der Waals surface area contributed by atoms with E-state index in [0.717, 1.165) is 62.5 Å². The number of carbonyl (C=O) groups is 1. The summed E-state index contributed by atoms with van der Waals surface area (Å²) in [5, 5.41) is 0. The molecule has 1 aliphatic carbocycles. The number of ether oxygens (including phenoxy) is 2. The first-order valence-corrected chi connectivity index (χ1v) is 18.0. The number of pyridine rings is 2. The smallest absolute Gasteiger partial charge is 0.280 e. The van der Waals surface area contributed by atoms with E-state index in [0.29, 0.717) is 41.5 Å². The number of carbonyl (C=O) groups excluding carboxylic acids is 1. The maximum atomic E-state index is 14.0. The molecule has 4 aromatic heterocycles. The van der Waals surface area contributed by atoms with E-state index >= 15 is 0 Å². The number of fused-ring (bicyclic) bond motifs is 3. The largest absolute Gasteiger partial charge is 0.380 e. The first kappa shape index (κ1) is 36.2. The first-order valence-electron chi connectivity index (χ1n) is 18.0. The average molecular weight is 727 g/mol. The maximum Gasteiger partial charge on any atom is 0.280 e. The van der Waals surface area contributed by atoms with Crippen LogP contribution in [-0.2, 0) is 33.7 Å². The lowest BCUT2D eigenvalue weighted by Gasteiger charge is -2.46. The lowest BCUT2D eigenvalue weighted by atomic mass is 9.90. The Morgan fingerprint density at radius 3 is 2.56 bits per heavy atom. The molecule has 8 rings (SSSR count). The van der Waals surface area contributed by atoms with Gasteiger partial charge in [-0.25, -0.2) is 9.97 Å². The number of methoxy groups -OCH3 is 1. The van der Waals surface area contributed by atoms with Crippen molar-refractivity contribution in [3.05, 3.63) is 93.6 Å². The van der Waals surface area contributed by atoms with Gasteiger partial charge < -0.3 is 28.6 Å². The monoisotopic (exact) mass is 726 g/mol. The van der Waals surface area contributed by atoms with E-state index in [-0.39, 0.29) is 42.9 Å². The lowest BCUT2D eigenvalue weighted by Crippen LogP contribution is -2.59. The lowest BCUT2D eigenvalue weighted by molar-refractivity contribution is -0.126. The summed E-state index contributed by atoms with van der Waals surface area (Å²) in [5.74, 6) is 1.01. The van der Waals surface area contributed by atoms with Crippen LogP contribution in [0.25, 0.3) is 11.3 Å². The topological polar surface area (TPSA) is 101 Å². The van der Waals surface area contributed by atoms with Crippen LogP contribution in [0.5, 0.6) is 0 Å². The normalized spacial score (nSPS) is 21.9. The van der Waals surface area contributed by atoms with E-state index in [2.05, 4.69) is 36.6 Å². The van der Waals surface area contributed by atoms with Crippen molar-refractivity contribution in [1.82, 2.24) is 28.7 Å². The highest BCUT2D eigenvalue weighted by atomic mass is 32.1. The zero-order valence-corrected chi connectivity index (χ0v) is 32.0. The molecule has 4 aromatic rings. The molecular formula is C39H50N8O4S. The summed E-state index contributed by atoms with van der Waals surface area (Å²) in [4.78, 5) is 45.8. The fraction of sp³-hybridized carbons (Fsp3) is 0.487. The predicted molar refractivity (Wildman–Crippen MR) is 207 cm³/mol. The molecule has 3 aliphatic heterocycles. The molecule has 13 heteroatoms. The molecule has 52 heavy (non-hydrogen) atoms. The minimum Gasteiger partial charge on any atom is -0.380 e. The van der Waals surface area contributed by atoms with Crippen LogP contribution in [0.1, 0.15) is 49.1 Å². The molecule has 0 N–H and O–H groups in total. The van der Waals surface area contributed by atoms with E-state index < -0.39 is 0 Å². The van der Waals surface area contributed by atoms with Crippen LogP contribution in [0.4, 0.5) is 11.5 Å². The Labute approximate surface area is 312 Å². The van der Waals surface area contributed by atoms with E-state index in [1.807, 2.05) is 66.3 Å². The predicted octanol–water partition coefficient (Wildman–Crippen LogP) is 3.75. The molecule has 2 atom stereocenters. The van der Waals surface area contributed by atoms with Crippen molar-refractivity contribution in [2.45, 2.75) is 58.2 Å². The number of likely N-dealkylation sites (N-methyl/N-ethyl adjacent to an activating group) is 2. The molecule has 12 nitrogen and oxygen atoms in total. The fourth-order valence-electron chi connectivity index (χ4n) is 8.51. The van der Waals surface area contributed by atoms with Crippen LogP contribution in [0.2, 0.25) is 0 Å². The Morgan fingerprint density at radius 1 is 1.06 bits per heavy atom. The average Bonchev–Trinajstić information content (AvgIpc) is 3.58. The van der Waals surface area contributed by atoms with Crippen molar-refractivity contribution in [2.24, 2.45) is 5.41 Å². The third-order valence-corrected chi connectivity index (χ3v) is 11.3. The third-order valence-electron chi connectivity index (χ3n) is 11.3. The first-order chi connectivity index (χ1) is 24.5. The van der Waals surface area contributed by atoms with Gasteiger partial charge in [0.25, 0.3) is 11.5 Å². The van der Waals surface area contributed by atoms with Crippen molar-refractivity contribution in [3.63, 3.8) is 0 Å². The Hall–Kier alpha value is -4.17. The Balaban J connectivity index is 0.00000420. The van der Waals surface area contributed by atoms with E-state index in [1.165, 1.54) is 11.3 Å². The van der Waals surface area contributed by atoms with Crippen molar-refractivity contribution < 1.29 is 14.3 Å². The highest BCUT2D eigenvalue weighted by Crippen LogP contribution is 2.38. The van der Waals surface area contributed by atoms with E-state index in [9.17, 15) is 9.59 Å². The van der Waals surface area contributed by atoms with Crippen LogP contribution < -0.4 is 15.4 Å². The molecule has 0 saturated carbocycles. The SMILES string of the molecule is COCc1c(C2C=C(N(C)c3ccc(N4CCN(C5COC5)C[C@@H]4C)cn3)C(=O)N(C)C2)ccnc1-n1ccn2c3c(cc2c1=O)CC(C)(C)C3.S. The summed E-state index contributed by atoms with van der Waals surface area (Å²) in [6.45, 7) is 12.2. The molecule has 4 aliphatic rings. The van der Waals surface area contributed by atoms with Gasteiger partial charge in [0.15, 0.2) is 0 Å². The van der Waals surface area contributed by atoms with Crippen LogP contribution in [0.3, 0.4) is 0 Å². The van der Waals surface area contributed by atoms with Gasteiger partial charge in [0.2, 0.25) is 0 Å². The highest BCUT2D eigenvalue weighted by molar-refractivity contribution is 7.59. The van der Waals surface area contributed by atoms with E-state index in [4.69, 9.17) is 19.4 Å². The van der Waals surface area contributed by atoms with Crippen molar-refractivity contribution >= 4 is 36.4 Å². The quantitative estimate of drug-likeness (QED) is 0.269. The van der Waals surface area contributed by atoms with Gasteiger partial charge in [-0.1, -0.05) is 13.8 Å². The van der Waals surface area contributed by atoms with Crippen molar-refractivity contribution in [3.8, 4) is 5.82 Å². The minimum absolute atomic E-state index is 0. The standard InChI is InChI=1S/C39H48N8O4.H2S/c1-25-20-44(29-22-51-23-29)11-12-45(25)28-7-8-35(41-19-28)43(5)32-16-27(21-42(4)37(32)48)30-9-10-40-36(31(30)24-50-6)47-14-13-46-33(38(47)49)15-26-17-39(2,3)18-34(26)46;/h7-10,13-16,19,25,27,29H,11-12,17-18,20-24H2,1-6H3;1H2/t25-,27?;/m0./s1. The van der Waals surface area contributed by atoms with Gasteiger partial charge in [-0.05, 0) is 66.6 Å². The second-order valence-electron chi connectivity index (χ2n) is 15.5. The third kappa shape index (κ3) is 6.31. The molecule has 7 heterocycles. The summed E-state index contributed by atoms with van der Waals surface area (Å²) in [7, 11) is 5.37. The summed E-state index contributed by atoms with van der Waals surface area (Å²) >= 11 is 0. The fourth-order valence-corrected chi connectivity index (χ4v) is 8.51. The van der Waals surface area contributed by atoms with Crippen molar-refractivity contribution in [2.75, 3.05) is 70.4 Å². The van der Waals surface area contributed by atoms with Crippen LogP contribution in [0, 0.1) is 5.41 Å². The number of anilines is 2. The molecule has 276 valence electrons. The van der Waals surface area contributed by atoms with Gasteiger partial charge in [0, 0.05) is 89.2 Å². The van der Waals surface area contributed by atoms with Gasteiger partial charge >= 0.3 is 0 Å². The van der Waals surface area contributed by atoms with Gasteiger partial charge in [0.05, 0.1) is 37.7 Å². The molecule has 0 bridgehead atoms. The molecular weight excluding hydrogens is 677 g/mol. The minimum atomic E-state index is -0.159. The summed E-state index contributed by atoms with van der Waals surface area (Å²) in [6.07, 6.45) is 11.4. The van der Waals surface area contributed by atoms with E-state index in [1.54, 1.807) is 22.8 Å². The highest BCUT2D eigenvalue weighted by Gasteiger charge is 2.35. The number of nitrogens with zero attached hydrogens (tertiary/aromatic N) is 8. The Kier molecular flexibility index (Phi) is 9.74. The van der Waals surface area contributed by atoms with Crippen molar-refractivity contribution in [1.29, 1.82) is 0 Å². The summed E-state index contributed by atoms with van der Waals surface area (Å²) < 4.78 is 14.8. The number of hydrogen-bond acceptors (Lipinski definition) is 9.